The second-order valence-electron chi connectivity index (χ2n) is 2.07. The van der Waals surface area contributed by atoms with Gasteiger partial charge in [0, 0.05) is 0 Å². The zero-order valence-electron chi connectivity index (χ0n) is 7.36. The maximum Gasteiger partial charge on any atom is 0.155 e. The summed E-state index contributed by atoms with van der Waals surface area (Å²) >= 11 is 0. The first-order valence-corrected chi connectivity index (χ1v) is 3.87. The summed E-state index contributed by atoms with van der Waals surface area (Å²) in [7, 11) is 0. The molecule has 72 valence electrons. The van der Waals surface area contributed by atoms with Gasteiger partial charge >= 0.3 is 0 Å². The van der Waals surface area contributed by atoms with Crippen LogP contribution in [0.25, 0.3) is 0 Å². The first kappa shape index (κ1) is 11.4. The molecule has 0 aromatic carbocycles. The summed E-state index contributed by atoms with van der Waals surface area (Å²) in [6.07, 6.45) is 1.06. The Balaban J connectivity index is 3.07. The van der Waals surface area contributed by atoms with Crippen LogP contribution in [0.15, 0.2) is 12.8 Å². The zero-order chi connectivity index (χ0) is 9.23. The minimum atomic E-state index is -0.300. The van der Waals surface area contributed by atoms with E-state index in [2.05, 4.69) is 6.58 Å². The van der Waals surface area contributed by atoms with Gasteiger partial charge in [-0.05, 0) is 6.92 Å². The molecular formula is C8H16O4. The highest BCUT2D eigenvalue weighted by Gasteiger charge is 1.99. The van der Waals surface area contributed by atoms with Crippen molar-refractivity contribution in [2.45, 2.75) is 13.2 Å². The van der Waals surface area contributed by atoms with Crippen LogP contribution >= 0.6 is 0 Å². The van der Waals surface area contributed by atoms with Gasteiger partial charge in [0.05, 0.1) is 26.1 Å². The Morgan fingerprint density at radius 2 is 2.00 bits per heavy atom. The molecule has 0 aliphatic heterocycles. The summed E-state index contributed by atoms with van der Waals surface area (Å²) < 4.78 is 15.0. The Morgan fingerprint density at radius 3 is 2.58 bits per heavy atom. The van der Waals surface area contributed by atoms with E-state index in [1.807, 2.05) is 0 Å². The molecular weight excluding hydrogens is 160 g/mol. The van der Waals surface area contributed by atoms with Gasteiger partial charge in [-0.2, -0.15) is 0 Å². The number of aliphatic hydroxyl groups excluding tert-OH is 1. The van der Waals surface area contributed by atoms with Crippen LogP contribution in [0.3, 0.4) is 0 Å². The summed E-state index contributed by atoms with van der Waals surface area (Å²) in [5.41, 5.74) is 0. The molecule has 0 saturated carbocycles. The predicted molar refractivity (Wildman–Crippen MR) is 44.6 cm³/mol. The number of aliphatic hydroxyl groups is 1. The molecule has 0 saturated heterocycles. The molecule has 0 aliphatic rings. The van der Waals surface area contributed by atoms with Gasteiger partial charge in [0.25, 0.3) is 0 Å². The van der Waals surface area contributed by atoms with Crippen molar-refractivity contribution in [3.8, 4) is 0 Å². The highest BCUT2D eigenvalue weighted by molar-refractivity contribution is 4.47. The third kappa shape index (κ3) is 7.53. The SMILES string of the molecule is C=COCCOC(C)OCCO. The van der Waals surface area contributed by atoms with Gasteiger partial charge in [-0.25, -0.2) is 0 Å². The number of rotatable bonds is 8. The molecule has 1 atom stereocenters. The van der Waals surface area contributed by atoms with Crippen LogP contribution in [0, 0.1) is 0 Å². The van der Waals surface area contributed by atoms with Crippen molar-refractivity contribution in [2.75, 3.05) is 26.4 Å². The first-order chi connectivity index (χ1) is 5.81. The maximum absolute atomic E-state index is 8.41. The normalized spacial score (nSPS) is 12.5. The number of hydrogen-bond acceptors (Lipinski definition) is 4. The predicted octanol–water partition coefficient (Wildman–Crippen LogP) is 0.518. The Hall–Kier alpha value is -0.580. The highest BCUT2D eigenvalue weighted by atomic mass is 16.7. The maximum atomic E-state index is 8.41. The summed E-state index contributed by atoms with van der Waals surface area (Å²) in [6, 6.07) is 0. The van der Waals surface area contributed by atoms with Crippen LogP contribution < -0.4 is 0 Å². The third-order valence-electron chi connectivity index (χ3n) is 1.12. The van der Waals surface area contributed by atoms with E-state index in [4.69, 9.17) is 19.3 Å². The first-order valence-electron chi connectivity index (χ1n) is 3.87. The van der Waals surface area contributed by atoms with Crippen molar-refractivity contribution in [1.82, 2.24) is 0 Å². The average Bonchev–Trinajstić information content (AvgIpc) is 2.09. The molecule has 0 aromatic heterocycles. The van der Waals surface area contributed by atoms with Gasteiger partial charge in [0.1, 0.15) is 6.61 Å². The molecule has 0 spiro atoms. The number of ether oxygens (including phenoxy) is 3. The Kier molecular flexibility index (Phi) is 8.10. The van der Waals surface area contributed by atoms with Crippen molar-refractivity contribution < 1.29 is 19.3 Å². The van der Waals surface area contributed by atoms with Gasteiger partial charge in [-0.1, -0.05) is 6.58 Å². The lowest BCUT2D eigenvalue weighted by atomic mass is 10.7. The lowest BCUT2D eigenvalue weighted by Crippen LogP contribution is -2.17. The molecule has 0 heterocycles. The summed E-state index contributed by atoms with van der Waals surface area (Å²) in [5, 5.41) is 8.41. The molecule has 0 aromatic rings. The van der Waals surface area contributed by atoms with Crippen LogP contribution in [0.4, 0.5) is 0 Å². The lowest BCUT2D eigenvalue weighted by Gasteiger charge is -2.12. The Bertz CT molecular complexity index is 105. The summed E-state index contributed by atoms with van der Waals surface area (Å²) in [4.78, 5) is 0. The largest absolute Gasteiger partial charge is 0.499 e. The molecule has 12 heavy (non-hydrogen) atoms. The molecule has 1 N–H and O–H groups in total. The topological polar surface area (TPSA) is 47.9 Å². The Morgan fingerprint density at radius 1 is 1.33 bits per heavy atom. The van der Waals surface area contributed by atoms with E-state index in [0.29, 0.717) is 19.8 Å². The number of hydrogen-bond donors (Lipinski definition) is 1. The minimum absolute atomic E-state index is 0.0108. The molecule has 4 nitrogen and oxygen atoms in total. The molecule has 0 rings (SSSR count). The molecule has 0 radical (unpaired) electrons. The van der Waals surface area contributed by atoms with Gasteiger partial charge in [0.2, 0.25) is 0 Å². The monoisotopic (exact) mass is 176 g/mol. The van der Waals surface area contributed by atoms with Crippen molar-refractivity contribution in [2.24, 2.45) is 0 Å². The van der Waals surface area contributed by atoms with Crippen LogP contribution in [0.2, 0.25) is 0 Å². The van der Waals surface area contributed by atoms with Gasteiger partial charge < -0.3 is 19.3 Å². The molecule has 0 fully saturated rings. The van der Waals surface area contributed by atoms with E-state index in [1.54, 1.807) is 6.92 Å². The molecule has 0 aliphatic carbocycles. The molecule has 4 heteroatoms. The van der Waals surface area contributed by atoms with E-state index < -0.39 is 0 Å². The van der Waals surface area contributed by atoms with Crippen LogP contribution in [-0.4, -0.2) is 37.8 Å². The lowest BCUT2D eigenvalue weighted by molar-refractivity contribution is -0.141. The van der Waals surface area contributed by atoms with Crippen molar-refractivity contribution >= 4 is 0 Å². The van der Waals surface area contributed by atoms with E-state index in [0.717, 1.165) is 0 Å². The smallest absolute Gasteiger partial charge is 0.155 e. The van der Waals surface area contributed by atoms with Crippen molar-refractivity contribution in [3.63, 3.8) is 0 Å². The van der Waals surface area contributed by atoms with Gasteiger partial charge in [-0.3, -0.25) is 0 Å². The standard InChI is InChI=1S/C8H16O4/c1-3-10-6-7-12-8(2)11-5-4-9/h3,8-9H,1,4-7H2,2H3. The summed E-state index contributed by atoms with van der Waals surface area (Å²) in [6.45, 7) is 6.38. The fourth-order valence-corrected chi connectivity index (χ4v) is 0.612. The quantitative estimate of drug-likeness (QED) is 0.333. The minimum Gasteiger partial charge on any atom is -0.499 e. The molecule has 0 bridgehead atoms. The summed E-state index contributed by atoms with van der Waals surface area (Å²) in [5.74, 6) is 0. The second kappa shape index (κ2) is 8.52. The van der Waals surface area contributed by atoms with E-state index in [1.165, 1.54) is 6.26 Å². The van der Waals surface area contributed by atoms with Crippen LogP contribution in [0.5, 0.6) is 0 Å². The average molecular weight is 176 g/mol. The Labute approximate surface area is 72.7 Å². The molecule has 1 unspecified atom stereocenters. The third-order valence-corrected chi connectivity index (χ3v) is 1.12. The zero-order valence-corrected chi connectivity index (χ0v) is 7.36. The van der Waals surface area contributed by atoms with Crippen LogP contribution in [0.1, 0.15) is 6.92 Å². The fourth-order valence-electron chi connectivity index (χ4n) is 0.612. The van der Waals surface area contributed by atoms with E-state index >= 15 is 0 Å². The van der Waals surface area contributed by atoms with Gasteiger partial charge in [-0.15, -0.1) is 0 Å². The van der Waals surface area contributed by atoms with E-state index in [-0.39, 0.29) is 12.9 Å². The second-order valence-corrected chi connectivity index (χ2v) is 2.07. The van der Waals surface area contributed by atoms with Crippen molar-refractivity contribution in [1.29, 1.82) is 0 Å². The molecule has 0 amide bonds. The van der Waals surface area contributed by atoms with Gasteiger partial charge in [0.15, 0.2) is 6.29 Å². The van der Waals surface area contributed by atoms with Crippen molar-refractivity contribution in [3.05, 3.63) is 12.8 Å². The van der Waals surface area contributed by atoms with Crippen LogP contribution in [-0.2, 0) is 14.2 Å². The fraction of sp³-hybridized carbons (Fsp3) is 0.750. The highest BCUT2D eigenvalue weighted by Crippen LogP contribution is 1.92. The van der Waals surface area contributed by atoms with E-state index in [9.17, 15) is 0 Å².